The van der Waals surface area contributed by atoms with Crippen LogP contribution in [0.5, 0.6) is 0 Å². The molecule has 2 aromatic heterocycles. The van der Waals surface area contributed by atoms with Crippen molar-refractivity contribution >= 4 is 11.0 Å². The van der Waals surface area contributed by atoms with Gasteiger partial charge >= 0.3 is 0 Å². The lowest BCUT2D eigenvalue weighted by molar-refractivity contribution is 0.106. The minimum absolute atomic E-state index is 0.646. The van der Waals surface area contributed by atoms with Crippen LogP contribution in [0.3, 0.4) is 0 Å². The Kier molecular flexibility index (Phi) is 4.59. The average molecular weight is 326 g/mol. The number of pyridine rings is 1. The number of hydrogen-bond acceptors (Lipinski definition) is 3. The fourth-order valence-corrected chi connectivity index (χ4v) is 4.57. The summed E-state index contributed by atoms with van der Waals surface area (Å²) in [6.07, 6.45) is 7.06. The van der Waals surface area contributed by atoms with Gasteiger partial charge in [0.25, 0.3) is 0 Å². The lowest BCUT2D eigenvalue weighted by Crippen LogP contribution is -2.42. The zero-order valence-corrected chi connectivity index (χ0v) is 15.0. The van der Waals surface area contributed by atoms with Gasteiger partial charge in [-0.05, 0) is 75.9 Å². The third kappa shape index (κ3) is 2.98. The van der Waals surface area contributed by atoms with Gasteiger partial charge < -0.3 is 10.3 Å². The Hall–Kier alpha value is -1.39. The van der Waals surface area contributed by atoms with E-state index in [9.17, 15) is 0 Å². The fourth-order valence-electron chi connectivity index (χ4n) is 4.57. The van der Waals surface area contributed by atoms with Crippen LogP contribution in [0.25, 0.3) is 11.0 Å². The molecule has 0 saturated carbocycles. The van der Waals surface area contributed by atoms with Crippen LogP contribution in [0.1, 0.15) is 56.7 Å². The first kappa shape index (κ1) is 16.1. The van der Waals surface area contributed by atoms with Crippen LogP contribution in [0.15, 0.2) is 18.3 Å². The average Bonchev–Trinajstić information content (AvgIpc) is 2.98. The minimum Gasteiger partial charge on any atom is -0.343 e. The summed E-state index contributed by atoms with van der Waals surface area (Å²) in [6.45, 7) is 9.36. The predicted octanol–water partition coefficient (Wildman–Crippen LogP) is 3.65. The third-order valence-corrected chi connectivity index (χ3v) is 6.32. The molecule has 0 spiro atoms. The van der Waals surface area contributed by atoms with E-state index in [0.717, 1.165) is 31.2 Å². The molecule has 0 aromatic carbocycles. The molecule has 2 unspecified atom stereocenters. The van der Waals surface area contributed by atoms with Gasteiger partial charge in [0, 0.05) is 35.8 Å². The Morgan fingerprint density at radius 2 is 2.04 bits per heavy atom. The zero-order chi connectivity index (χ0) is 16.5. The molecule has 4 nitrogen and oxygen atoms in total. The van der Waals surface area contributed by atoms with E-state index in [4.69, 9.17) is 0 Å². The van der Waals surface area contributed by atoms with Crippen molar-refractivity contribution in [3.63, 3.8) is 0 Å². The van der Waals surface area contributed by atoms with Gasteiger partial charge in [-0.15, -0.1) is 0 Å². The number of rotatable bonds is 3. The van der Waals surface area contributed by atoms with Crippen molar-refractivity contribution in [2.75, 3.05) is 19.6 Å². The summed E-state index contributed by atoms with van der Waals surface area (Å²) in [7, 11) is 0. The van der Waals surface area contributed by atoms with Gasteiger partial charge in [0.1, 0.15) is 5.65 Å². The second kappa shape index (κ2) is 6.85. The van der Waals surface area contributed by atoms with Gasteiger partial charge in [-0.2, -0.15) is 0 Å². The normalized spacial score (nSPS) is 26.9. The number of piperidine rings is 2. The molecule has 0 radical (unpaired) electrons. The fraction of sp³-hybridized carbons (Fsp3) is 0.650. The van der Waals surface area contributed by atoms with Crippen molar-refractivity contribution in [1.29, 1.82) is 0 Å². The van der Waals surface area contributed by atoms with Crippen LogP contribution in [0, 0.1) is 5.92 Å². The minimum atomic E-state index is 0.646. The Balaban J connectivity index is 1.69. The molecule has 4 rings (SSSR count). The Labute approximate surface area is 145 Å². The highest BCUT2D eigenvalue weighted by Crippen LogP contribution is 2.34. The lowest BCUT2D eigenvalue weighted by atomic mass is 9.89. The maximum Gasteiger partial charge on any atom is 0.137 e. The van der Waals surface area contributed by atoms with Crippen molar-refractivity contribution in [2.45, 2.75) is 58.0 Å². The van der Waals surface area contributed by atoms with Crippen LogP contribution >= 0.6 is 0 Å². The summed E-state index contributed by atoms with van der Waals surface area (Å²) < 4.78 is 0. The highest BCUT2D eigenvalue weighted by molar-refractivity contribution is 5.81. The summed E-state index contributed by atoms with van der Waals surface area (Å²) in [5.74, 6) is 1.44. The highest BCUT2D eigenvalue weighted by Gasteiger charge is 2.28. The second-order valence-corrected chi connectivity index (χ2v) is 7.77. The number of likely N-dealkylation sites (tertiary alicyclic amines) is 1. The maximum atomic E-state index is 4.59. The van der Waals surface area contributed by atoms with Crippen molar-refractivity contribution in [1.82, 2.24) is 20.2 Å². The van der Waals surface area contributed by atoms with Crippen LogP contribution in [-0.4, -0.2) is 40.5 Å². The number of hydrogen-bond donors (Lipinski definition) is 2. The summed E-state index contributed by atoms with van der Waals surface area (Å²) in [6, 6.07) is 4.99. The molecule has 130 valence electrons. The van der Waals surface area contributed by atoms with E-state index < -0.39 is 0 Å². The van der Waals surface area contributed by atoms with Crippen molar-refractivity contribution in [3.8, 4) is 0 Å². The molecule has 4 heterocycles. The molecule has 0 aliphatic carbocycles. The lowest BCUT2D eigenvalue weighted by Gasteiger charge is -2.38. The van der Waals surface area contributed by atoms with Gasteiger partial charge in [0.05, 0.1) is 0 Å². The summed E-state index contributed by atoms with van der Waals surface area (Å²) in [5, 5.41) is 4.82. The van der Waals surface area contributed by atoms with E-state index >= 15 is 0 Å². The summed E-state index contributed by atoms with van der Waals surface area (Å²) in [5.41, 5.74) is 4.03. The first-order chi connectivity index (χ1) is 11.7. The van der Waals surface area contributed by atoms with Crippen LogP contribution in [0.2, 0.25) is 0 Å². The van der Waals surface area contributed by atoms with Crippen LogP contribution < -0.4 is 5.32 Å². The maximum absolute atomic E-state index is 4.59. The molecule has 24 heavy (non-hydrogen) atoms. The quantitative estimate of drug-likeness (QED) is 0.905. The largest absolute Gasteiger partial charge is 0.343 e. The molecule has 2 saturated heterocycles. The van der Waals surface area contributed by atoms with E-state index in [1.807, 2.05) is 6.20 Å². The van der Waals surface area contributed by atoms with Gasteiger partial charge in [-0.1, -0.05) is 6.92 Å². The van der Waals surface area contributed by atoms with E-state index in [2.05, 4.69) is 46.2 Å². The molecule has 2 aliphatic heterocycles. The number of nitrogens with zero attached hydrogens (tertiary/aromatic N) is 2. The highest BCUT2D eigenvalue weighted by atomic mass is 15.2. The van der Waals surface area contributed by atoms with Gasteiger partial charge in [0.15, 0.2) is 0 Å². The SMILES string of the molecule is CC1CCCN(Cc2c(C3CCNCC3)[nH]c3ncccc23)C1C. The van der Waals surface area contributed by atoms with Crippen LogP contribution in [-0.2, 0) is 6.54 Å². The van der Waals surface area contributed by atoms with E-state index in [1.165, 1.54) is 48.9 Å². The Morgan fingerprint density at radius 3 is 2.88 bits per heavy atom. The number of nitrogens with one attached hydrogen (secondary N) is 2. The molecule has 0 amide bonds. The zero-order valence-electron chi connectivity index (χ0n) is 15.0. The number of aromatic nitrogens is 2. The smallest absolute Gasteiger partial charge is 0.137 e. The third-order valence-electron chi connectivity index (χ3n) is 6.32. The molecule has 2 N–H and O–H groups in total. The van der Waals surface area contributed by atoms with Crippen LogP contribution in [0.4, 0.5) is 0 Å². The molecule has 4 heteroatoms. The number of aromatic amines is 1. The first-order valence-electron chi connectivity index (χ1n) is 9.64. The molecular formula is C20H30N4. The molecule has 2 atom stereocenters. The van der Waals surface area contributed by atoms with E-state index in [0.29, 0.717) is 12.0 Å². The molecule has 0 bridgehead atoms. The Bertz CT molecular complexity index is 686. The number of H-pyrrole nitrogens is 1. The molecule has 2 fully saturated rings. The molecular weight excluding hydrogens is 296 g/mol. The van der Waals surface area contributed by atoms with Gasteiger partial charge in [0.2, 0.25) is 0 Å². The summed E-state index contributed by atoms with van der Waals surface area (Å²) >= 11 is 0. The second-order valence-electron chi connectivity index (χ2n) is 7.77. The van der Waals surface area contributed by atoms with Gasteiger partial charge in [-0.25, -0.2) is 4.98 Å². The van der Waals surface area contributed by atoms with E-state index in [1.54, 1.807) is 0 Å². The Morgan fingerprint density at radius 1 is 1.21 bits per heavy atom. The van der Waals surface area contributed by atoms with Gasteiger partial charge in [-0.3, -0.25) is 4.90 Å². The monoisotopic (exact) mass is 326 g/mol. The van der Waals surface area contributed by atoms with E-state index in [-0.39, 0.29) is 0 Å². The standard InChI is InChI=1S/C20H30N4/c1-14-5-4-12-24(15(14)2)13-18-17-6-3-9-22-20(17)23-19(18)16-7-10-21-11-8-16/h3,6,9,14-16,21H,4-5,7-8,10-13H2,1-2H3,(H,22,23). The molecule has 2 aromatic rings. The summed E-state index contributed by atoms with van der Waals surface area (Å²) in [4.78, 5) is 11.0. The molecule has 2 aliphatic rings. The van der Waals surface area contributed by atoms with Crippen molar-refractivity contribution < 1.29 is 0 Å². The number of fused-ring (bicyclic) bond motifs is 1. The van der Waals surface area contributed by atoms with Crippen molar-refractivity contribution in [2.24, 2.45) is 5.92 Å². The topological polar surface area (TPSA) is 44.0 Å². The van der Waals surface area contributed by atoms with Crippen molar-refractivity contribution in [3.05, 3.63) is 29.6 Å². The first-order valence-corrected chi connectivity index (χ1v) is 9.64. The predicted molar refractivity (Wildman–Crippen MR) is 99.2 cm³/mol.